The van der Waals surface area contributed by atoms with Gasteiger partial charge in [-0.2, -0.15) is 0 Å². The van der Waals surface area contributed by atoms with Crippen molar-refractivity contribution < 1.29 is 0 Å². The first-order chi connectivity index (χ1) is 16.8. The van der Waals surface area contributed by atoms with Gasteiger partial charge in [-0.05, 0) is 25.2 Å². The smallest absolute Gasteiger partial charge is 0.0241 e. The van der Waals surface area contributed by atoms with Crippen LogP contribution in [0.25, 0.3) is 0 Å². The first kappa shape index (κ1) is 34.0. The summed E-state index contributed by atoms with van der Waals surface area (Å²) in [5, 5.41) is 0. The number of hydrogen-bond donors (Lipinski definition) is 0. The second kappa shape index (κ2) is 31.0. The molecule has 205 valence electrons. The van der Waals surface area contributed by atoms with E-state index in [2.05, 4.69) is 20.8 Å². The van der Waals surface area contributed by atoms with Gasteiger partial charge in [0.05, 0.1) is 0 Å². The molecule has 1 radical (unpaired) electrons. The van der Waals surface area contributed by atoms with E-state index in [0.717, 1.165) is 0 Å². The molecule has 0 saturated heterocycles. The lowest BCUT2D eigenvalue weighted by molar-refractivity contribution is 0.503. The standard InChI is InChI=1S/C34H69/c1-4-7-10-13-16-19-21-24-27-30-33-34(31-28-25-22-18-15-12-9-6-3)32-29-26-23-20-17-14-11-8-5-2/h4-33H2,1-3H3. The van der Waals surface area contributed by atoms with Gasteiger partial charge in [0.2, 0.25) is 0 Å². The van der Waals surface area contributed by atoms with E-state index in [9.17, 15) is 0 Å². The highest BCUT2D eigenvalue weighted by Gasteiger charge is 2.09. The molecule has 0 nitrogen and oxygen atoms in total. The molecule has 0 spiro atoms. The van der Waals surface area contributed by atoms with Gasteiger partial charge in [-0.3, -0.25) is 0 Å². The van der Waals surface area contributed by atoms with Crippen LogP contribution in [0.15, 0.2) is 0 Å². The largest absolute Gasteiger partial charge is 0.0654 e. The highest BCUT2D eigenvalue weighted by atomic mass is 14.1. The van der Waals surface area contributed by atoms with Crippen molar-refractivity contribution in [3.63, 3.8) is 0 Å². The topological polar surface area (TPSA) is 0 Å². The highest BCUT2D eigenvalue weighted by molar-refractivity contribution is 4.89. The Hall–Kier alpha value is 0. The van der Waals surface area contributed by atoms with Crippen molar-refractivity contribution >= 4 is 0 Å². The summed E-state index contributed by atoms with van der Waals surface area (Å²) in [6.45, 7) is 6.95. The number of hydrogen-bond acceptors (Lipinski definition) is 0. The van der Waals surface area contributed by atoms with Crippen LogP contribution in [0.4, 0.5) is 0 Å². The van der Waals surface area contributed by atoms with Crippen molar-refractivity contribution in [2.75, 3.05) is 0 Å². The van der Waals surface area contributed by atoms with E-state index >= 15 is 0 Å². The molecule has 34 heavy (non-hydrogen) atoms. The SMILES string of the molecule is CCCCCCCCCCCC[C](CCCCCCCCCC)CCCCCCCCCCC. The van der Waals surface area contributed by atoms with E-state index in [-0.39, 0.29) is 0 Å². The molecule has 0 heterocycles. The molecular weight excluding hydrogens is 408 g/mol. The Balaban J connectivity index is 3.84. The van der Waals surface area contributed by atoms with Crippen LogP contribution in [-0.4, -0.2) is 0 Å². The minimum Gasteiger partial charge on any atom is -0.0654 e. The van der Waals surface area contributed by atoms with Gasteiger partial charge in [0, 0.05) is 0 Å². The van der Waals surface area contributed by atoms with E-state index in [0.29, 0.717) is 0 Å². The lowest BCUT2D eigenvalue weighted by Gasteiger charge is -2.16. The lowest BCUT2D eigenvalue weighted by atomic mass is 9.89. The number of unbranched alkanes of at least 4 members (excludes halogenated alkanes) is 24. The fourth-order valence-electron chi connectivity index (χ4n) is 5.43. The van der Waals surface area contributed by atoms with Crippen molar-refractivity contribution in [3.05, 3.63) is 5.92 Å². The Kier molecular flexibility index (Phi) is 31.0. The van der Waals surface area contributed by atoms with Crippen LogP contribution in [0, 0.1) is 5.92 Å². The van der Waals surface area contributed by atoms with Crippen molar-refractivity contribution in [1.82, 2.24) is 0 Å². The molecule has 0 rings (SSSR count). The Bertz CT molecular complexity index is 333. The third kappa shape index (κ3) is 28.2. The average Bonchev–Trinajstić information content (AvgIpc) is 2.85. The van der Waals surface area contributed by atoms with Crippen molar-refractivity contribution in [2.24, 2.45) is 0 Å². The second-order valence-corrected chi connectivity index (χ2v) is 11.5. The monoisotopic (exact) mass is 478 g/mol. The quantitative estimate of drug-likeness (QED) is 0.0902. The van der Waals surface area contributed by atoms with Crippen LogP contribution in [-0.2, 0) is 0 Å². The van der Waals surface area contributed by atoms with Crippen LogP contribution in [0.3, 0.4) is 0 Å². The van der Waals surface area contributed by atoms with Gasteiger partial charge in [0.1, 0.15) is 0 Å². The first-order valence-corrected chi connectivity index (χ1v) is 16.7. The molecule has 0 aromatic heterocycles. The maximum Gasteiger partial charge on any atom is -0.0241 e. The van der Waals surface area contributed by atoms with E-state index in [4.69, 9.17) is 0 Å². The van der Waals surface area contributed by atoms with Gasteiger partial charge in [0.25, 0.3) is 0 Å². The van der Waals surface area contributed by atoms with Crippen molar-refractivity contribution in [3.8, 4) is 0 Å². The Morgan fingerprint density at radius 1 is 0.235 bits per heavy atom. The average molecular weight is 478 g/mol. The van der Waals surface area contributed by atoms with E-state index in [1.165, 1.54) is 193 Å². The zero-order valence-corrected chi connectivity index (χ0v) is 24.7. The van der Waals surface area contributed by atoms with Crippen LogP contribution < -0.4 is 0 Å². The van der Waals surface area contributed by atoms with Crippen molar-refractivity contribution in [2.45, 2.75) is 213 Å². The van der Waals surface area contributed by atoms with E-state index in [1.807, 2.05) is 5.92 Å². The predicted molar refractivity (Wildman–Crippen MR) is 159 cm³/mol. The van der Waals surface area contributed by atoms with E-state index in [1.54, 1.807) is 0 Å². The molecule has 0 bridgehead atoms. The molecule has 0 aliphatic heterocycles. The van der Waals surface area contributed by atoms with Crippen LogP contribution in [0.2, 0.25) is 0 Å². The minimum atomic E-state index is 1.37. The fraction of sp³-hybridized carbons (Fsp3) is 0.971. The molecule has 0 amide bonds. The molecule has 0 unspecified atom stereocenters. The third-order valence-electron chi connectivity index (χ3n) is 7.90. The van der Waals surface area contributed by atoms with Crippen LogP contribution in [0.5, 0.6) is 0 Å². The summed E-state index contributed by atoms with van der Waals surface area (Å²) < 4.78 is 0. The van der Waals surface area contributed by atoms with Gasteiger partial charge in [-0.15, -0.1) is 0 Å². The Morgan fingerprint density at radius 2 is 0.412 bits per heavy atom. The van der Waals surface area contributed by atoms with Gasteiger partial charge in [-0.25, -0.2) is 0 Å². The molecule has 0 atom stereocenters. The zero-order valence-electron chi connectivity index (χ0n) is 24.7. The highest BCUT2D eigenvalue weighted by Crippen LogP contribution is 2.26. The first-order valence-electron chi connectivity index (χ1n) is 16.7. The van der Waals surface area contributed by atoms with Gasteiger partial charge in [-0.1, -0.05) is 194 Å². The molecule has 0 saturated carbocycles. The summed E-state index contributed by atoms with van der Waals surface area (Å²) in [4.78, 5) is 0. The summed E-state index contributed by atoms with van der Waals surface area (Å²) in [6.07, 6.45) is 43.8. The third-order valence-corrected chi connectivity index (χ3v) is 7.90. The Morgan fingerprint density at radius 3 is 0.618 bits per heavy atom. The van der Waals surface area contributed by atoms with E-state index < -0.39 is 0 Å². The molecule has 0 aromatic rings. The molecular formula is C34H69. The normalized spacial score (nSPS) is 11.6. The minimum absolute atomic E-state index is 1.37. The number of rotatable bonds is 30. The summed E-state index contributed by atoms with van der Waals surface area (Å²) in [7, 11) is 0. The molecule has 0 aliphatic rings. The summed E-state index contributed by atoms with van der Waals surface area (Å²) in [5.74, 6) is 1.94. The summed E-state index contributed by atoms with van der Waals surface area (Å²) in [6, 6.07) is 0. The van der Waals surface area contributed by atoms with Gasteiger partial charge in [0.15, 0.2) is 0 Å². The second-order valence-electron chi connectivity index (χ2n) is 11.5. The van der Waals surface area contributed by atoms with Crippen LogP contribution in [0.1, 0.15) is 213 Å². The summed E-state index contributed by atoms with van der Waals surface area (Å²) in [5.41, 5.74) is 0. The van der Waals surface area contributed by atoms with Crippen molar-refractivity contribution in [1.29, 1.82) is 0 Å². The molecule has 0 aliphatic carbocycles. The fourth-order valence-corrected chi connectivity index (χ4v) is 5.43. The lowest BCUT2D eigenvalue weighted by Crippen LogP contribution is -1.99. The molecule has 0 aromatic carbocycles. The van der Waals surface area contributed by atoms with Gasteiger partial charge >= 0.3 is 0 Å². The molecule has 0 heteroatoms. The van der Waals surface area contributed by atoms with Crippen LogP contribution >= 0.6 is 0 Å². The maximum absolute atomic E-state index is 2.32. The maximum atomic E-state index is 2.32. The predicted octanol–water partition coefficient (Wildman–Crippen LogP) is 13.3. The summed E-state index contributed by atoms with van der Waals surface area (Å²) >= 11 is 0. The molecule has 0 N–H and O–H groups in total. The molecule has 0 fully saturated rings. The Labute approximate surface area is 219 Å². The zero-order chi connectivity index (χ0) is 24.8. The van der Waals surface area contributed by atoms with Gasteiger partial charge < -0.3 is 0 Å².